The molecule has 94 valence electrons. The Bertz CT molecular complexity index is 638. The Kier molecular flexibility index (Phi) is 2.95. The van der Waals surface area contributed by atoms with E-state index in [1.807, 2.05) is 0 Å². The second-order valence-corrected chi connectivity index (χ2v) is 4.50. The van der Waals surface area contributed by atoms with Crippen LogP contribution in [-0.2, 0) is 7.05 Å². The van der Waals surface area contributed by atoms with E-state index in [4.69, 9.17) is 5.73 Å². The largest absolute Gasteiger partial charge is 0.501 e. The molecule has 18 heavy (non-hydrogen) atoms. The highest BCUT2D eigenvalue weighted by Gasteiger charge is 2.20. The van der Waals surface area contributed by atoms with Gasteiger partial charge in [-0.1, -0.05) is 0 Å². The number of anilines is 1. The Morgan fingerprint density at radius 2 is 2.22 bits per heavy atom. The Morgan fingerprint density at radius 3 is 2.72 bits per heavy atom. The van der Waals surface area contributed by atoms with Gasteiger partial charge in [0.05, 0.1) is 15.6 Å². The standard InChI is InChI=1S/C10H9BrN4O3/c1-14-10(12)6(4-13-14)5-2-7(11)9(16)8(3-5)15(17)18/h2-4,16H,12H2,1H3. The van der Waals surface area contributed by atoms with Gasteiger partial charge in [0.1, 0.15) is 5.82 Å². The average molecular weight is 313 g/mol. The number of benzene rings is 1. The third-order valence-electron chi connectivity index (χ3n) is 2.54. The summed E-state index contributed by atoms with van der Waals surface area (Å²) in [5, 5.41) is 24.4. The third-order valence-corrected chi connectivity index (χ3v) is 3.14. The predicted molar refractivity (Wildman–Crippen MR) is 69.1 cm³/mol. The fraction of sp³-hybridized carbons (Fsp3) is 0.100. The lowest BCUT2D eigenvalue weighted by atomic mass is 10.1. The number of phenols is 1. The van der Waals surface area contributed by atoms with E-state index in [1.54, 1.807) is 13.1 Å². The van der Waals surface area contributed by atoms with Crippen molar-refractivity contribution in [1.82, 2.24) is 9.78 Å². The van der Waals surface area contributed by atoms with Crippen molar-refractivity contribution in [2.24, 2.45) is 7.05 Å². The van der Waals surface area contributed by atoms with Crippen molar-refractivity contribution >= 4 is 27.4 Å². The lowest BCUT2D eigenvalue weighted by Crippen LogP contribution is -1.98. The number of nitrogen functional groups attached to an aromatic ring is 1. The Morgan fingerprint density at radius 1 is 1.56 bits per heavy atom. The van der Waals surface area contributed by atoms with Crippen molar-refractivity contribution in [2.45, 2.75) is 0 Å². The zero-order chi connectivity index (χ0) is 13.4. The summed E-state index contributed by atoms with van der Waals surface area (Å²) in [5.74, 6) is -0.0203. The molecule has 0 amide bonds. The van der Waals surface area contributed by atoms with Gasteiger partial charge in [-0.2, -0.15) is 5.10 Å². The van der Waals surface area contributed by atoms with Crippen LogP contribution in [0.3, 0.4) is 0 Å². The number of nitrogens with two attached hydrogens (primary N) is 1. The number of nitro groups is 1. The molecule has 1 aromatic carbocycles. The van der Waals surface area contributed by atoms with Crippen LogP contribution in [0.25, 0.3) is 11.1 Å². The SMILES string of the molecule is Cn1ncc(-c2cc(Br)c(O)c([N+](=O)[O-])c2)c1N. The molecule has 2 aromatic rings. The molecule has 1 heterocycles. The molecule has 2 rings (SSSR count). The van der Waals surface area contributed by atoms with Gasteiger partial charge in [0.25, 0.3) is 0 Å². The van der Waals surface area contributed by atoms with E-state index in [1.165, 1.54) is 16.9 Å². The molecule has 0 atom stereocenters. The van der Waals surface area contributed by atoms with Gasteiger partial charge in [0.15, 0.2) is 0 Å². The van der Waals surface area contributed by atoms with Crippen molar-refractivity contribution in [3.05, 3.63) is 32.9 Å². The van der Waals surface area contributed by atoms with Crippen LogP contribution in [0.1, 0.15) is 0 Å². The molecular formula is C10H9BrN4O3. The molecule has 8 heteroatoms. The summed E-state index contributed by atoms with van der Waals surface area (Å²) < 4.78 is 1.69. The average Bonchev–Trinajstić information content (AvgIpc) is 2.63. The van der Waals surface area contributed by atoms with Gasteiger partial charge in [0.2, 0.25) is 5.75 Å². The van der Waals surface area contributed by atoms with Gasteiger partial charge in [-0.05, 0) is 27.6 Å². The van der Waals surface area contributed by atoms with E-state index in [0.29, 0.717) is 16.9 Å². The summed E-state index contributed by atoms with van der Waals surface area (Å²) in [6.45, 7) is 0. The number of aromatic hydroxyl groups is 1. The maximum absolute atomic E-state index is 10.8. The molecule has 7 nitrogen and oxygen atoms in total. The Labute approximate surface area is 110 Å². The van der Waals surface area contributed by atoms with Crippen LogP contribution < -0.4 is 5.73 Å². The summed E-state index contributed by atoms with van der Waals surface area (Å²) in [7, 11) is 1.67. The first kappa shape index (κ1) is 12.4. The lowest BCUT2D eigenvalue weighted by molar-refractivity contribution is -0.385. The Hall–Kier alpha value is -2.09. The predicted octanol–water partition coefficient (Wildman–Crippen LogP) is 2.05. The smallest absolute Gasteiger partial charge is 0.312 e. The highest BCUT2D eigenvalue weighted by atomic mass is 79.9. The lowest BCUT2D eigenvalue weighted by Gasteiger charge is -2.04. The molecule has 0 bridgehead atoms. The van der Waals surface area contributed by atoms with Crippen LogP contribution in [0.4, 0.5) is 11.5 Å². The minimum absolute atomic E-state index is 0.231. The van der Waals surface area contributed by atoms with Crippen molar-refractivity contribution in [2.75, 3.05) is 5.73 Å². The molecule has 0 spiro atoms. The first-order valence-electron chi connectivity index (χ1n) is 4.86. The highest BCUT2D eigenvalue weighted by molar-refractivity contribution is 9.10. The second-order valence-electron chi connectivity index (χ2n) is 3.65. The first-order chi connectivity index (χ1) is 8.41. The highest BCUT2D eigenvalue weighted by Crippen LogP contribution is 2.39. The number of aromatic nitrogens is 2. The zero-order valence-corrected chi connectivity index (χ0v) is 10.9. The summed E-state index contributed by atoms with van der Waals surface area (Å²) in [6.07, 6.45) is 1.51. The fourth-order valence-electron chi connectivity index (χ4n) is 1.55. The molecule has 3 N–H and O–H groups in total. The maximum Gasteiger partial charge on any atom is 0.312 e. The minimum Gasteiger partial charge on any atom is -0.501 e. The first-order valence-corrected chi connectivity index (χ1v) is 5.66. The molecule has 0 unspecified atom stereocenters. The van der Waals surface area contributed by atoms with Gasteiger partial charge in [-0.25, -0.2) is 0 Å². The molecule has 0 radical (unpaired) electrons. The summed E-state index contributed by atoms with van der Waals surface area (Å²) >= 11 is 3.07. The molecule has 1 aromatic heterocycles. The van der Waals surface area contributed by atoms with Crippen molar-refractivity contribution in [3.8, 4) is 16.9 Å². The number of halogens is 1. The maximum atomic E-state index is 10.8. The number of nitrogens with zero attached hydrogens (tertiary/aromatic N) is 3. The normalized spacial score (nSPS) is 10.6. The van der Waals surface area contributed by atoms with Gasteiger partial charge in [-0.3, -0.25) is 14.8 Å². The summed E-state index contributed by atoms with van der Waals surface area (Å²) in [5.41, 5.74) is 6.50. The minimum atomic E-state index is -0.657. The zero-order valence-electron chi connectivity index (χ0n) is 9.29. The molecule has 0 saturated carbocycles. The second kappa shape index (κ2) is 4.30. The van der Waals surface area contributed by atoms with Crippen molar-refractivity contribution < 1.29 is 10.0 Å². The van der Waals surface area contributed by atoms with Crippen LogP contribution in [-0.4, -0.2) is 19.8 Å². The number of aryl methyl sites for hydroxylation is 1. The van der Waals surface area contributed by atoms with Crippen LogP contribution in [0.15, 0.2) is 22.8 Å². The van der Waals surface area contributed by atoms with Crippen LogP contribution in [0.2, 0.25) is 0 Å². The van der Waals surface area contributed by atoms with Crippen LogP contribution in [0, 0.1) is 10.1 Å². The monoisotopic (exact) mass is 312 g/mol. The van der Waals surface area contributed by atoms with E-state index in [-0.39, 0.29) is 10.2 Å². The van der Waals surface area contributed by atoms with Gasteiger partial charge in [0, 0.05) is 18.7 Å². The Balaban J connectivity index is 2.66. The number of phenolic OH excluding ortho intramolecular Hbond substituents is 1. The van der Waals surface area contributed by atoms with E-state index in [2.05, 4.69) is 21.0 Å². The molecule has 0 aliphatic carbocycles. The van der Waals surface area contributed by atoms with E-state index in [9.17, 15) is 15.2 Å². The molecule has 0 saturated heterocycles. The van der Waals surface area contributed by atoms with Gasteiger partial charge >= 0.3 is 5.69 Å². The number of nitro benzene ring substituents is 1. The quantitative estimate of drug-likeness (QED) is 0.651. The van der Waals surface area contributed by atoms with E-state index >= 15 is 0 Å². The number of rotatable bonds is 2. The van der Waals surface area contributed by atoms with Crippen molar-refractivity contribution in [1.29, 1.82) is 0 Å². The van der Waals surface area contributed by atoms with Gasteiger partial charge in [-0.15, -0.1) is 0 Å². The topological polar surface area (TPSA) is 107 Å². The molecule has 0 fully saturated rings. The fourth-order valence-corrected chi connectivity index (χ4v) is 2.00. The molecule has 0 aliphatic heterocycles. The molecule has 0 aliphatic rings. The summed E-state index contributed by atoms with van der Waals surface area (Å²) in [6, 6.07) is 2.81. The number of hydrogen-bond donors (Lipinski definition) is 2. The van der Waals surface area contributed by atoms with E-state index < -0.39 is 10.7 Å². The van der Waals surface area contributed by atoms with E-state index in [0.717, 1.165) is 0 Å². The van der Waals surface area contributed by atoms with Crippen LogP contribution in [0.5, 0.6) is 5.75 Å². The number of hydrogen-bond acceptors (Lipinski definition) is 5. The van der Waals surface area contributed by atoms with Crippen molar-refractivity contribution in [3.63, 3.8) is 0 Å². The third kappa shape index (κ3) is 1.90. The van der Waals surface area contributed by atoms with Gasteiger partial charge < -0.3 is 10.8 Å². The summed E-state index contributed by atoms with van der Waals surface area (Å²) in [4.78, 5) is 10.2. The van der Waals surface area contributed by atoms with Crippen LogP contribution >= 0.6 is 15.9 Å². The molecular weight excluding hydrogens is 304 g/mol.